The molecular formula is C26H27Cl2N3O4S. The fraction of sp³-hybridized carbons (Fsp3) is 0.231. The number of nitrogens with zero attached hydrogens (tertiary/aromatic N) is 2. The Morgan fingerprint density at radius 2 is 1.58 bits per heavy atom. The average molecular weight is 548 g/mol. The predicted molar refractivity (Wildman–Crippen MR) is 143 cm³/mol. The molecule has 10 heteroatoms. The van der Waals surface area contributed by atoms with Crippen LogP contribution in [0.15, 0.2) is 83.8 Å². The summed E-state index contributed by atoms with van der Waals surface area (Å²) in [6.45, 7) is 3.33. The van der Waals surface area contributed by atoms with E-state index in [1.54, 1.807) is 74.5 Å². The highest BCUT2D eigenvalue weighted by atomic mass is 35.5. The molecule has 0 bridgehead atoms. The van der Waals surface area contributed by atoms with Crippen molar-refractivity contribution in [2.45, 2.75) is 31.3 Å². The van der Waals surface area contributed by atoms with E-state index in [1.165, 1.54) is 23.1 Å². The number of hydrogen-bond acceptors (Lipinski definition) is 4. The summed E-state index contributed by atoms with van der Waals surface area (Å²) in [5.41, 5.74) is 0.973. The number of hydrogen-bond donors (Lipinski definition) is 1. The highest BCUT2D eigenvalue weighted by Gasteiger charge is 2.32. The van der Waals surface area contributed by atoms with E-state index in [0.717, 1.165) is 9.87 Å². The van der Waals surface area contributed by atoms with Crippen molar-refractivity contribution in [2.75, 3.05) is 17.4 Å². The summed E-state index contributed by atoms with van der Waals surface area (Å²) in [5.74, 6) is -0.900. The minimum atomic E-state index is -4.12. The number of benzene rings is 3. The van der Waals surface area contributed by atoms with Crippen molar-refractivity contribution in [2.24, 2.45) is 0 Å². The molecule has 0 saturated carbocycles. The van der Waals surface area contributed by atoms with Gasteiger partial charge < -0.3 is 10.2 Å². The van der Waals surface area contributed by atoms with E-state index in [9.17, 15) is 18.0 Å². The largest absolute Gasteiger partial charge is 0.355 e. The lowest BCUT2D eigenvalue weighted by molar-refractivity contribution is -0.139. The zero-order valence-electron chi connectivity index (χ0n) is 19.9. The topological polar surface area (TPSA) is 86.8 Å². The van der Waals surface area contributed by atoms with Gasteiger partial charge in [0.05, 0.1) is 10.6 Å². The number of carbonyl (C=O) groups is 2. The zero-order valence-corrected chi connectivity index (χ0v) is 22.2. The van der Waals surface area contributed by atoms with Crippen molar-refractivity contribution in [3.05, 3.63) is 94.5 Å². The fourth-order valence-electron chi connectivity index (χ4n) is 3.57. The van der Waals surface area contributed by atoms with Crippen LogP contribution >= 0.6 is 23.2 Å². The molecule has 2 amide bonds. The molecule has 0 aromatic heterocycles. The summed E-state index contributed by atoms with van der Waals surface area (Å²) in [6, 6.07) is 20.1. The lowest BCUT2D eigenvalue weighted by atomic mass is 10.1. The quantitative estimate of drug-likeness (QED) is 0.397. The molecule has 3 aromatic rings. The Bertz CT molecular complexity index is 1300. The van der Waals surface area contributed by atoms with Crippen LogP contribution in [0.5, 0.6) is 0 Å². The van der Waals surface area contributed by atoms with Crippen LogP contribution in [0, 0.1) is 0 Å². The number of anilines is 1. The zero-order chi connectivity index (χ0) is 26.3. The van der Waals surface area contributed by atoms with Gasteiger partial charge in [-0.1, -0.05) is 59.6 Å². The second-order valence-electron chi connectivity index (χ2n) is 8.02. The van der Waals surface area contributed by atoms with E-state index in [2.05, 4.69) is 5.32 Å². The average Bonchev–Trinajstić information content (AvgIpc) is 2.87. The molecule has 1 atom stereocenters. The molecule has 0 aliphatic heterocycles. The molecule has 0 unspecified atom stereocenters. The monoisotopic (exact) mass is 547 g/mol. The molecule has 0 saturated heterocycles. The SMILES string of the molecule is CCNC(=O)[C@@H](C)N(Cc1ccc(Cl)cc1)C(=O)CN(c1cccc(Cl)c1)S(=O)(=O)c1ccccc1. The molecule has 36 heavy (non-hydrogen) atoms. The van der Waals surface area contributed by atoms with E-state index in [-0.39, 0.29) is 23.0 Å². The summed E-state index contributed by atoms with van der Waals surface area (Å²) < 4.78 is 28.3. The molecule has 0 fully saturated rings. The Morgan fingerprint density at radius 1 is 0.917 bits per heavy atom. The minimum absolute atomic E-state index is 0.0267. The summed E-state index contributed by atoms with van der Waals surface area (Å²) in [4.78, 5) is 27.7. The standard InChI is InChI=1S/C26H27Cl2N3O4S/c1-3-29-26(33)19(2)30(17-20-12-14-21(27)15-13-20)25(32)18-31(23-9-7-8-22(28)16-23)36(34,35)24-10-5-4-6-11-24/h4-16,19H,3,17-18H2,1-2H3,(H,29,33)/t19-/m1/s1. The highest BCUT2D eigenvalue weighted by Crippen LogP contribution is 2.27. The normalized spacial score (nSPS) is 12.0. The minimum Gasteiger partial charge on any atom is -0.355 e. The molecule has 1 N–H and O–H groups in total. The molecule has 190 valence electrons. The van der Waals surface area contributed by atoms with Crippen LogP contribution in [0.25, 0.3) is 0 Å². The van der Waals surface area contributed by atoms with Crippen LogP contribution in [0.1, 0.15) is 19.4 Å². The Kier molecular flexibility index (Phi) is 9.37. The third-order valence-corrected chi connectivity index (χ3v) is 7.77. The lowest BCUT2D eigenvalue weighted by Crippen LogP contribution is -2.51. The molecule has 0 spiro atoms. The first-order valence-electron chi connectivity index (χ1n) is 11.3. The van der Waals surface area contributed by atoms with Crippen molar-refractivity contribution in [1.29, 1.82) is 0 Å². The van der Waals surface area contributed by atoms with Crippen molar-refractivity contribution in [1.82, 2.24) is 10.2 Å². The summed E-state index contributed by atoms with van der Waals surface area (Å²) in [5, 5.41) is 3.58. The lowest BCUT2D eigenvalue weighted by Gasteiger charge is -2.32. The maximum atomic E-state index is 13.7. The first-order valence-corrected chi connectivity index (χ1v) is 13.5. The molecule has 0 radical (unpaired) electrons. The highest BCUT2D eigenvalue weighted by molar-refractivity contribution is 7.92. The van der Waals surface area contributed by atoms with Gasteiger partial charge in [0.2, 0.25) is 11.8 Å². The van der Waals surface area contributed by atoms with Crippen LogP contribution in [0.4, 0.5) is 5.69 Å². The van der Waals surface area contributed by atoms with Gasteiger partial charge in [-0.15, -0.1) is 0 Å². The third kappa shape index (κ3) is 6.78. The van der Waals surface area contributed by atoms with Crippen molar-refractivity contribution >= 4 is 50.7 Å². The van der Waals surface area contributed by atoms with Gasteiger partial charge in [0.15, 0.2) is 0 Å². The van der Waals surface area contributed by atoms with Crippen LogP contribution in [0.2, 0.25) is 10.0 Å². The van der Waals surface area contributed by atoms with E-state index in [1.807, 2.05) is 0 Å². The van der Waals surface area contributed by atoms with Crippen molar-refractivity contribution < 1.29 is 18.0 Å². The first kappa shape index (κ1) is 27.5. The summed E-state index contributed by atoms with van der Waals surface area (Å²) in [7, 11) is -4.12. The molecule has 3 aromatic carbocycles. The Morgan fingerprint density at radius 3 is 2.19 bits per heavy atom. The summed E-state index contributed by atoms with van der Waals surface area (Å²) in [6.07, 6.45) is 0. The fourth-order valence-corrected chi connectivity index (χ4v) is 5.31. The first-order chi connectivity index (χ1) is 17.1. The number of sulfonamides is 1. The Balaban J connectivity index is 2.01. The molecule has 0 aliphatic carbocycles. The number of rotatable bonds is 10. The van der Waals surface area contributed by atoms with Crippen molar-refractivity contribution in [3.8, 4) is 0 Å². The van der Waals surface area contributed by atoms with Gasteiger partial charge >= 0.3 is 0 Å². The van der Waals surface area contributed by atoms with Gasteiger partial charge in [0.1, 0.15) is 12.6 Å². The maximum absolute atomic E-state index is 13.7. The van der Waals surface area contributed by atoms with E-state index < -0.39 is 28.5 Å². The van der Waals surface area contributed by atoms with E-state index in [4.69, 9.17) is 23.2 Å². The number of likely N-dealkylation sites (N-methyl/N-ethyl adjacent to an activating group) is 1. The van der Waals surface area contributed by atoms with Gasteiger partial charge in [-0.3, -0.25) is 13.9 Å². The second-order valence-corrected chi connectivity index (χ2v) is 10.8. The molecule has 0 aliphatic rings. The van der Waals surface area contributed by atoms with Gasteiger partial charge in [-0.05, 0) is 61.9 Å². The van der Waals surface area contributed by atoms with Crippen LogP contribution < -0.4 is 9.62 Å². The molecular weight excluding hydrogens is 521 g/mol. The second kappa shape index (κ2) is 12.3. The van der Waals surface area contributed by atoms with Gasteiger partial charge in [0.25, 0.3) is 10.0 Å². The predicted octanol–water partition coefficient (Wildman–Crippen LogP) is 4.74. The molecule has 3 rings (SSSR count). The van der Waals surface area contributed by atoms with Crippen LogP contribution in [-0.4, -0.2) is 44.3 Å². The number of nitrogens with one attached hydrogen (secondary N) is 1. The molecule has 0 heterocycles. The summed E-state index contributed by atoms with van der Waals surface area (Å²) >= 11 is 12.1. The number of amides is 2. The van der Waals surface area contributed by atoms with Gasteiger partial charge in [-0.25, -0.2) is 8.42 Å². The maximum Gasteiger partial charge on any atom is 0.264 e. The van der Waals surface area contributed by atoms with Gasteiger partial charge in [-0.2, -0.15) is 0 Å². The van der Waals surface area contributed by atoms with Crippen LogP contribution in [0.3, 0.4) is 0 Å². The smallest absolute Gasteiger partial charge is 0.264 e. The Labute approximate surface area is 221 Å². The Hall–Kier alpha value is -3.07. The number of halogens is 2. The van der Waals surface area contributed by atoms with Crippen molar-refractivity contribution in [3.63, 3.8) is 0 Å². The number of carbonyl (C=O) groups excluding carboxylic acids is 2. The van der Waals surface area contributed by atoms with Gasteiger partial charge in [0, 0.05) is 23.1 Å². The molecule has 7 nitrogen and oxygen atoms in total. The van der Waals surface area contributed by atoms with Crippen LogP contribution in [-0.2, 0) is 26.2 Å². The van der Waals surface area contributed by atoms with E-state index >= 15 is 0 Å². The van der Waals surface area contributed by atoms with E-state index in [0.29, 0.717) is 16.6 Å². The third-order valence-electron chi connectivity index (χ3n) is 5.49.